The summed E-state index contributed by atoms with van der Waals surface area (Å²) in [5.41, 5.74) is 10.7. The lowest BCUT2D eigenvalue weighted by Crippen LogP contribution is -2.04. The minimum atomic E-state index is 0.608. The Hall–Kier alpha value is -8.21. The van der Waals surface area contributed by atoms with Crippen molar-refractivity contribution in [2.75, 3.05) is 0 Å². The summed E-state index contributed by atoms with van der Waals surface area (Å²) in [4.78, 5) is 15.9. The molecular weight excluding hydrogens is 741 g/mol. The van der Waals surface area contributed by atoms with Crippen LogP contribution in [-0.4, -0.2) is 19.5 Å². The number of hydrogen-bond donors (Lipinski definition) is 0. The van der Waals surface area contributed by atoms with Gasteiger partial charge in [-0.2, -0.15) is 0 Å². The first-order valence-corrected chi connectivity index (χ1v) is 20.7. The summed E-state index contributed by atoms with van der Waals surface area (Å²) in [7, 11) is 0. The molecule has 0 N–H and O–H groups in total. The number of hydrogen-bond acceptors (Lipinski definition) is 3. The number of para-hydroxylation sites is 1. The van der Waals surface area contributed by atoms with E-state index >= 15 is 0 Å². The zero-order valence-corrected chi connectivity index (χ0v) is 33.1. The summed E-state index contributed by atoms with van der Waals surface area (Å²) in [5.74, 6) is 1.85. The van der Waals surface area contributed by atoms with E-state index in [2.05, 4.69) is 199 Å². The number of benzene rings is 10. The molecule has 0 fully saturated rings. The Labute approximate surface area is 352 Å². The normalized spacial score (nSPS) is 11.6. The van der Waals surface area contributed by atoms with E-state index in [-0.39, 0.29) is 0 Å². The minimum absolute atomic E-state index is 0.608. The van der Waals surface area contributed by atoms with Gasteiger partial charge >= 0.3 is 0 Å². The molecule has 2 aromatic heterocycles. The van der Waals surface area contributed by atoms with Gasteiger partial charge in [-0.25, -0.2) is 15.0 Å². The van der Waals surface area contributed by atoms with Crippen molar-refractivity contribution in [3.8, 4) is 62.1 Å². The predicted molar refractivity (Wildman–Crippen MR) is 254 cm³/mol. The lowest BCUT2D eigenvalue weighted by molar-refractivity contribution is 1.07. The topological polar surface area (TPSA) is 43.6 Å². The van der Waals surface area contributed by atoms with E-state index in [9.17, 15) is 0 Å². The average molecular weight is 777 g/mol. The Morgan fingerprint density at radius 2 is 0.639 bits per heavy atom. The average Bonchev–Trinajstić information content (AvgIpc) is 3.68. The van der Waals surface area contributed by atoms with E-state index in [1.54, 1.807) is 0 Å². The third-order valence-corrected chi connectivity index (χ3v) is 12.0. The molecule has 12 aromatic rings. The SMILES string of the molecule is c1ccc(-c2ccc(-c3nc(-c4ccccc4)nc(-c4cc5c6ccccc6c6ccccc6c5cc4-n4c5ccccc5c5cc(-c6ccccc6)ccc54)n3)cc2)cc1. The lowest BCUT2D eigenvalue weighted by atomic mass is 9.92. The van der Waals surface area contributed by atoms with Gasteiger partial charge in [0.15, 0.2) is 17.5 Å². The summed E-state index contributed by atoms with van der Waals surface area (Å²) in [6.07, 6.45) is 0. The summed E-state index contributed by atoms with van der Waals surface area (Å²) < 4.78 is 2.42. The second kappa shape index (κ2) is 14.3. The molecule has 0 aliphatic rings. The number of fused-ring (bicyclic) bond motifs is 9. The van der Waals surface area contributed by atoms with Gasteiger partial charge in [-0.3, -0.25) is 0 Å². The van der Waals surface area contributed by atoms with Crippen molar-refractivity contribution >= 4 is 54.1 Å². The first-order valence-electron chi connectivity index (χ1n) is 20.7. The molecule has 61 heavy (non-hydrogen) atoms. The molecule has 0 spiro atoms. The lowest BCUT2D eigenvalue weighted by Gasteiger charge is -2.18. The van der Waals surface area contributed by atoms with Crippen LogP contribution in [0.5, 0.6) is 0 Å². The third-order valence-electron chi connectivity index (χ3n) is 12.0. The van der Waals surface area contributed by atoms with E-state index < -0.39 is 0 Å². The molecule has 0 radical (unpaired) electrons. The van der Waals surface area contributed by atoms with Crippen LogP contribution >= 0.6 is 0 Å². The quantitative estimate of drug-likeness (QED) is 0.158. The van der Waals surface area contributed by atoms with Crippen molar-refractivity contribution in [1.82, 2.24) is 19.5 Å². The summed E-state index contributed by atoms with van der Waals surface area (Å²) >= 11 is 0. The Morgan fingerprint density at radius 1 is 0.246 bits per heavy atom. The van der Waals surface area contributed by atoms with Crippen LogP contribution in [0.25, 0.3) is 116 Å². The van der Waals surface area contributed by atoms with Gasteiger partial charge in [-0.05, 0) is 84.9 Å². The number of nitrogens with zero attached hydrogens (tertiary/aromatic N) is 4. The Bertz CT molecular complexity index is 3610. The van der Waals surface area contributed by atoms with Gasteiger partial charge in [-0.1, -0.05) is 188 Å². The molecule has 0 unspecified atom stereocenters. The van der Waals surface area contributed by atoms with E-state index in [1.165, 1.54) is 48.8 Å². The molecule has 0 atom stereocenters. The molecule has 0 bridgehead atoms. The molecule has 284 valence electrons. The van der Waals surface area contributed by atoms with Crippen LogP contribution in [0.15, 0.2) is 218 Å². The fourth-order valence-electron chi connectivity index (χ4n) is 9.13. The molecule has 12 rings (SSSR count). The Morgan fingerprint density at radius 3 is 1.25 bits per heavy atom. The standard InChI is InChI=1S/C57H36N4/c1-4-16-37(17-5-1)39-28-30-41(31-29-39)56-58-55(40-20-8-3-9-21-40)59-57(60-56)51-35-48-45-24-12-10-22-43(45)44-23-11-13-25-46(44)49(48)36-54(51)61-52-27-15-14-26-47(52)50-34-42(32-33-53(50)61)38-18-6-2-7-19-38/h1-36H. The van der Waals surface area contributed by atoms with Gasteiger partial charge in [0.05, 0.1) is 16.7 Å². The smallest absolute Gasteiger partial charge is 0.166 e. The molecule has 4 heteroatoms. The largest absolute Gasteiger partial charge is 0.308 e. The minimum Gasteiger partial charge on any atom is -0.308 e. The zero-order chi connectivity index (χ0) is 40.3. The van der Waals surface area contributed by atoms with Crippen molar-refractivity contribution in [3.63, 3.8) is 0 Å². The van der Waals surface area contributed by atoms with Crippen LogP contribution in [0.1, 0.15) is 0 Å². The Balaban J connectivity index is 1.18. The van der Waals surface area contributed by atoms with Gasteiger partial charge in [0.1, 0.15) is 0 Å². The Kier molecular flexibility index (Phi) is 8.13. The van der Waals surface area contributed by atoms with Crippen molar-refractivity contribution in [2.45, 2.75) is 0 Å². The first kappa shape index (κ1) is 34.8. The van der Waals surface area contributed by atoms with E-state index in [1.807, 2.05) is 24.3 Å². The highest BCUT2D eigenvalue weighted by Crippen LogP contribution is 2.43. The van der Waals surface area contributed by atoms with Gasteiger partial charge in [0.25, 0.3) is 0 Å². The van der Waals surface area contributed by atoms with Crippen molar-refractivity contribution in [2.24, 2.45) is 0 Å². The van der Waals surface area contributed by atoms with Crippen LogP contribution in [-0.2, 0) is 0 Å². The van der Waals surface area contributed by atoms with Crippen LogP contribution in [0.2, 0.25) is 0 Å². The predicted octanol–water partition coefficient (Wildman–Crippen LogP) is 14.8. The fourth-order valence-corrected chi connectivity index (χ4v) is 9.13. The van der Waals surface area contributed by atoms with Gasteiger partial charge in [0.2, 0.25) is 0 Å². The van der Waals surface area contributed by atoms with E-state index in [4.69, 9.17) is 15.0 Å². The van der Waals surface area contributed by atoms with Crippen molar-refractivity contribution in [3.05, 3.63) is 218 Å². The second-order valence-corrected chi connectivity index (χ2v) is 15.6. The van der Waals surface area contributed by atoms with E-state index in [0.29, 0.717) is 17.5 Å². The summed E-state index contributed by atoms with van der Waals surface area (Å²) in [5, 5.41) is 9.53. The van der Waals surface area contributed by atoms with Gasteiger partial charge < -0.3 is 4.57 Å². The van der Waals surface area contributed by atoms with Gasteiger partial charge in [-0.15, -0.1) is 0 Å². The van der Waals surface area contributed by atoms with Crippen LogP contribution in [0.4, 0.5) is 0 Å². The van der Waals surface area contributed by atoms with Gasteiger partial charge in [0, 0.05) is 27.5 Å². The molecule has 2 heterocycles. The number of rotatable bonds is 6. The summed E-state index contributed by atoms with van der Waals surface area (Å²) in [6, 6.07) is 77.6. The molecular formula is C57H36N4. The first-order chi connectivity index (χ1) is 30.2. The van der Waals surface area contributed by atoms with E-state index in [0.717, 1.165) is 49.9 Å². The van der Waals surface area contributed by atoms with Crippen molar-refractivity contribution < 1.29 is 0 Å². The zero-order valence-electron chi connectivity index (χ0n) is 33.1. The highest BCUT2D eigenvalue weighted by molar-refractivity contribution is 6.26. The molecule has 0 aliphatic carbocycles. The molecule has 10 aromatic carbocycles. The maximum Gasteiger partial charge on any atom is 0.166 e. The third kappa shape index (κ3) is 5.88. The highest BCUT2D eigenvalue weighted by atomic mass is 15.1. The number of aromatic nitrogens is 4. The highest BCUT2D eigenvalue weighted by Gasteiger charge is 2.22. The van der Waals surface area contributed by atoms with Crippen LogP contribution in [0, 0.1) is 0 Å². The molecule has 0 aliphatic heterocycles. The second-order valence-electron chi connectivity index (χ2n) is 15.6. The molecule has 0 amide bonds. The monoisotopic (exact) mass is 776 g/mol. The van der Waals surface area contributed by atoms with Crippen LogP contribution < -0.4 is 0 Å². The van der Waals surface area contributed by atoms with Crippen molar-refractivity contribution in [1.29, 1.82) is 0 Å². The fraction of sp³-hybridized carbons (Fsp3) is 0. The van der Waals surface area contributed by atoms with Crippen LogP contribution in [0.3, 0.4) is 0 Å². The molecule has 4 nitrogen and oxygen atoms in total. The maximum absolute atomic E-state index is 5.40. The molecule has 0 saturated carbocycles. The maximum atomic E-state index is 5.40. The molecule has 0 saturated heterocycles. The summed E-state index contributed by atoms with van der Waals surface area (Å²) in [6.45, 7) is 0.